The highest BCUT2D eigenvalue weighted by molar-refractivity contribution is 5.38. The third kappa shape index (κ3) is 4.11. The molecule has 1 aliphatic heterocycles. The maximum atomic E-state index is 9.91. The summed E-state index contributed by atoms with van der Waals surface area (Å²) in [5.41, 5.74) is 0.707. The van der Waals surface area contributed by atoms with Gasteiger partial charge in [0.15, 0.2) is 6.29 Å². The number of aliphatic hydroxyl groups excluding tert-OH is 4. The van der Waals surface area contributed by atoms with Gasteiger partial charge in [0, 0.05) is 6.07 Å². The van der Waals surface area contributed by atoms with Crippen molar-refractivity contribution >= 4 is 0 Å². The first-order chi connectivity index (χ1) is 11.0. The summed E-state index contributed by atoms with van der Waals surface area (Å²) in [4.78, 5) is 0. The van der Waals surface area contributed by atoms with E-state index < -0.39 is 37.3 Å². The van der Waals surface area contributed by atoms with Crippen LogP contribution in [-0.4, -0.2) is 72.0 Å². The van der Waals surface area contributed by atoms with E-state index in [1.54, 1.807) is 18.2 Å². The quantitative estimate of drug-likeness (QED) is 0.526. The summed E-state index contributed by atoms with van der Waals surface area (Å²) in [6, 6.07) is 5.16. The predicted octanol–water partition coefficient (Wildman–Crippen LogP) is -0.980. The summed E-state index contributed by atoms with van der Waals surface area (Å²) in [7, 11) is 3.05. The molecule has 8 heteroatoms. The van der Waals surface area contributed by atoms with Crippen LogP contribution in [0.1, 0.15) is 5.56 Å². The summed E-state index contributed by atoms with van der Waals surface area (Å²) in [5, 5.41) is 38.5. The predicted molar refractivity (Wildman–Crippen MR) is 78.1 cm³/mol. The van der Waals surface area contributed by atoms with E-state index in [-0.39, 0.29) is 6.61 Å². The van der Waals surface area contributed by atoms with E-state index in [4.69, 9.17) is 24.1 Å². The SMILES string of the molecule is COc1cc(CO[C@@H]2O[C@H](CO)[C@@H](O)[C@H](O)[C@H]2O)cc(OC)c1. The normalized spacial score (nSPS) is 31.0. The Labute approximate surface area is 133 Å². The number of hydrogen-bond acceptors (Lipinski definition) is 8. The second-order valence-electron chi connectivity index (χ2n) is 5.23. The summed E-state index contributed by atoms with van der Waals surface area (Å²) in [6.07, 6.45) is -6.49. The number of rotatable bonds is 6. The van der Waals surface area contributed by atoms with E-state index in [2.05, 4.69) is 0 Å². The molecule has 0 amide bonds. The Morgan fingerprint density at radius 2 is 1.57 bits per heavy atom. The first kappa shape index (κ1) is 17.9. The summed E-state index contributed by atoms with van der Waals surface area (Å²) < 4.78 is 21.0. The summed E-state index contributed by atoms with van der Waals surface area (Å²) in [6.45, 7) is -0.450. The lowest BCUT2D eigenvalue weighted by Crippen LogP contribution is -2.59. The highest BCUT2D eigenvalue weighted by Gasteiger charge is 2.43. The van der Waals surface area contributed by atoms with Crippen molar-refractivity contribution < 1.29 is 39.4 Å². The van der Waals surface area contributed by atoms with Crippen molar-refractivity contribution in [2.75, 3.05) is 20.8 Å². The van der Waals surface area contributed by atoms with Crippen molar-refractivity contribution in [3.8, 4) is 11.5 Å². The van der Waals surface area contributed by atoms with Gasteiger partial charge in [-0.3, -0.25) is 0 Å². The molecular weight excluding hydrogens is 308 g/mol. The fourth-order valence-corrected chi connectivity index (χ4v) is 2.33. The molecule has 130 valence electrons. The van der Waals surface area contributed by atoms with Crippen LogP contribution in [0.5, 0.6) is 11.5 Å². The van der Waals surface area contributed by atoms with Crippen molar-refractivity contribution in [3.05, 3.63) is 23.8 Å². The maximum Gasteiger partial charge on any atom is 0.187 e. The molecule has 1 aromatic carbocycles. The zero-order chi connectivity index (χ0) is 17.0. The fourth-order valence-electron chi connectivity index (χ4n) is 2.33. The van der Waals surface area contributed by atoms with Gasteiger partial charge >= 0.3 is 0 Å². The van der Waals surface area contributed by atoms with Crippen LogP contribution in [0.3, 0.4) is 0 Å². The van der Waals surface area contributed by atoms with Gasteiger partial charge in [0.25, 0.3) is 0 Å². The molecule has 1 heterocycles. The van der Waals surface area contributed by atoms with Crippen LogP contribution in [0.2, 0.25) is 0 Å². The van der Waals surface area contributed by atoms with Gasteiger partial charge in [-0.15, -0.1) is 0 Å². The Morgan fingerprint density at radius 3 is 2.09 bits per heavy atom. The molecule has 0 unspecified atom stereocenters. The number of methoxy groups -OCH3 is 2. The van der Waals surface area contributed by atoms with Crippen LogP contribution in [0.25, 0.3) is 0 Å². The Bertz CT molecular complexity index is 484. The van der Waals surface area contributed by atoms with E-state index in [1.165, 1.54) is 14.2 Å². The molecule has 0 aliphatic carbocycles. The standard InChI is InChI=1S/C15H22O8/c1-20-9-3-8(4-10(5-9)21-2)7-22-15-14(19)13(18)12(17)11(6-16)23-15/h3-5,11-19H,6-7H2,1-2H3/t11-,12-,13+,14-,15-/m1/s1. The average Bonchev–Trinajstić information content (AvgIpc) is 2.58. The number of hydrogen-bond donors (Lipinski definition) is 4. The molecule has 1 aliphatic rings. The molecule has 0 bridgehead atoms. The van der Waals surface area contributed by atoms with Crippen molar-refractivity contribution in [2.45, 2.75) is 37.3 Å². The van der Waals surface area contributed by atoms with E-state index in [0.29, 0.717) is 17.1 Å². The lowest BCUT2D eigenvalue weighted by Gasteiger charge is -2.39. The van der Waals surface area contributed by atoms with E-state index >= 15 is 0 Å². The monoisotopic (exact) mass is 330 g/mol. The van der Waals surface area contributed by atoms with Gasteiger partial charge in [0.2, 0.25) is 0 Å². The Hall–Kier alpha value is -1.42. The summed E-state index contributed by atoms with van der Waals surface area (Å²) in [5.74, 6) is 1.16. The minimum atomic E-state index is -1.47. The van der Waals surface area contributed by atoms with Gasteiger partial charge < -0.3 is 39.4 Å². The van der Waals surface area contributed by atoms with Crippen molar-refractivity contribution in [1.82, 2.24) is 0 Å². The molecular formula is C15H22O8. The molecule has 4 N–H and O–H groups in total. The van der Waals surface area contributed by atoms with Crippen LogP contribution in [0.15, 0.2) is 18.2 Å². The largest absolute Gasteiger partial charge is 0.497 e. The van der Waals surface area contributed by atoms with Gasteiger partial charge in [-0.25, -0.2) is 0 Å². The molecule has 2 rings (SSSR count). The molecule has 5 atom stereocenters. The van der Waals surface area contributed by atoms with Crippen LogP contribution in [0.4, 0.5) is 0 Å². The molecule has 1 aromatic rings. The molecule has 0 aromatic heterocycles. The maximum absolute atomic E-state index is 9.91. The summed E-state index contributed by atoms with van der Waals surface area (Å²) >= 11 is 0. The van der Waals surface area contributed by atoms with Gasteiger partial charge in [-0.2, -0.15) is 0 Å². The smallest absolute Gasteiger partial charge is 0.187 e. The van der Waals surface area contributed by atoms with E-state index in [9.17, 15) is 15.3 Å². The lowest BCUT2D eigenvalue weighted by atomic mass is 9.99. The number of benzene rings is 1. The highest BCUT2D eigenvalue weighted by Crippen LogP contribution is 2.26. The molecule has 0 saturated carbocycles. The molecule has 8 nitrogen and oxygen atoms in total. The van der Waals surface area contributed by atoms with Crippen molar-refractivity contribution in [3.63, 3.8) is 0 Å². The van der Waals surface area contributed by atoms with Crippen LogP contribution in [0, 0.1) is 0 Å². The van der Waals surface area contributed by atoms with Crippen LogP contribution < -0.4 is 9.47 Å². The second kappa shape index (κ2) is 7.91. The minimum absolute atomic E-state index is 0.0518. The Morgan fingerprint density at radius 1 is 0.957 bits per heavy atom. The van der Waals surface area contributed by atoms with Crippen molar-refractivity contribution in [2.24, 2.45) is 0 Å². The highest BCUT2D eigenvalue weighted by atomic mass is 16.7. The molecule has 1 saturated heterocycles. The Balaban J connectivity index is 2.04. The number of ether oxygens (including phenoxy) is 4. The Kier molecular flexibility index (Phi) is 6.17. The van der Waals surface area contributed by atoms with Gasteiger partial charge in [-0.05, 0) is 17.7 Å². The van der Waals surface area contributed by atoms with Gasteiger partial charge in [-0.1, -0.05) is 0 Å². The van der Waals surface area contributed by atoms with Gasteiger partial charge in [0.1, 0.15) is 35.9 Å². The van der Waals surface area contributed by atoms with Crippen molar-refractivity contribution in [1.29, 1.82) is 0 Å². The number of aliphatic hydroxyl groups is 4. The van der Waals surface area contributed by atoms with Gasteiger partial charge in [0.05, 0.1) is 27.4 Å². The fraction of sp³-hybridized carbons (Fsp3) is 0.600. The lowest BCUT2D eigenvalue weighted by molar-refractivity contribution is -0.304. The van der Waals surface area contributed by atoms with Crippen LogP contribution in [-0.2, 0) is 16.1 Å². The molecule has 0 spiro atoms. The van der Waals surface area contributed by atoms with E-state index in [0.717, 1.165) is 0 Å². The van der Waals surface area contributed by atoms with Crippen LogP contribution >= 0.6 is 0 Å². The zero-order valence-electron chi connectivity index (χ0n) is 13.0. The zero-order valence-corrected chi connectivity index (χ0v) is 13.0. The average molecular weight is 330 g/mol. The molecule has 1 fully saturated rings. The first-order valence-corrected chi connectivity index (χ1v) is 7.14. The van der Waals surface area contributed by atoms with E-state index in [1.807, 2.05) is 0 Å². The molecule has 23 heavy (non-hydrogen) atoms. The minimum Gasteiger partial charge on any atom is -0.497 e. The third-order valence-electron chi connectivity index (χ3n) is 3.67. The first-order valence-electron chi connectivity index (χ1n) is 7.14. The topological polar surface area (TPSA) is 118 Å². The molecule has 0 radical (unpaired) electrons. The third-order valence-corrected chi connectivity index (χ3v) is 3.67. The second-order valence-corrected chi connectivity index (χ2v) is 5.23.